The second-order valence-corrected chi connectivity index (χ2v) is 11.6. The Morgan fingerprint density at radius 1 is 0.971 bits per heavy atom. The second kappa shape index (κ2) is 10.6. The Hall–Kier alpha value is -1.89. The van der Waals surface area contributed by atoms with Crippen molar-refractivity contribution in [2.75, 3.05) is 50.9 Å². The van der Waals surface area contributed by atoms with E-state index in [4.69, 9.17) is 9.73 Å². The lowest BCUT2D eigenvalue weighted by molar-refractivity contribution is 0.0714. The van der Waals surface area contributed by atoms with Crippen LogP contribution in [0.25, 0.3) is 6.08 Å². The SMILES string of the molecule is Brc1ccc(N2CCN(Cc3cc4c(c5c3=CCCN=5)OCN(CC3CCCCC3)C4)CC2)cc1. The van der Waals surface area contributed by atoms with Gasteiger partial charge in [0.25, 0.3) is 0 Å². The molecule has 6 heteroatoms. The molecule has 6 rings (SSSR count). The first-order valence-corrected chi connectivity index (χ1v) is 14.3. The molecular weight excluding hydrogens is 500 g/mol. The van der Waals surface area contributed by atoms with Crippen molar-refractivity contribution in [1.29, 1.82) is 0 Å². The van der Waals surface area contributed by atoms with E-state index in [-0.39, 0.29) is 0 Å². The van der Waals surface area contributed by atoms with Gasteiger partial charge in [-0.05, 0) is 61.1 Å². The minimum Gasteiger partial charge on any atom is -0.476 e. The summed E-state index contributed by atoms with van der Waals surface area (Å²) >= 11 is 3.55. The van der Waals surface area contributed by atoms with Gasteiger partial charge in [0.2, 0.25) is 0 Å². The molecule has 3 aliphatic heterocycles. The van der Waals surface area contributed by atoms with Gasteiger partial charge in [-0.15, -0.1) is 0 Å². The molecule has 0 unspecified atom stereocenters. The average Bonchev–Trinajstić information content (AvgIpc) is 2.90. The van der Waals surface area contributed by atoms with E-state index in [9.17, 15) is 0 Å². The molecule has 0 aromatic heterocycles. The van der Waals surface area contributed by atoms with Gasteiger partial charge in [0, 0.05) is 73.3 Å². The van der Waals surface area contributed by atoms with Crippen LogP contribution < -0.4 is 20.2 Å². The largest absolute Gasteiger partial charge is 0.476 e. The van der Waals surface area contributed by atoms with Gasteiger partial charge >= 0.3 is 0 Å². The van der Waals surface area contributed by atoms with Gasteiger partial charge in [0.15, 0.2) is 5.75 Å². The molecule has 5 nitrogen and oxygen atoms in total. The zero-order valence-electron chi connectivity index (χ0n) is 20.7. The number of ether oxygens (including phenoxy) is 1. The standard InChI is InChI=1S/C29H37BrN4O/c30-25-8-10-26(11-9-25)34-15-13-32(14-16-34)19-23-17-24-20-33(18-22-5-2-1-3-6-22)21-35-29(24)28-27(23)7-4-12-31-28/h7-11,17,22H,1-6,12-16,18-21H2. The third-order valence-corrected chi connectivity index (χ3v) is 8.72. The molecule has 0 radical (unpaired) electrons. The topological polar surface area (TPSA) is 31.3 Å². The van der Waals surface area contributed by atoms with E-state index >= 15 is 0 Å². The summed E-state index contributed by atoms with van der Waals surface area (Å²) in [7, 11) is 0. The predicted molar refractivity (Wildman–Crippen MR) is 145 cm³/mol. The quantitative estimate of drug-likeness (QED) is 0.569. The molecule has 0 atom stereocenters. The fourth-order valence-corrected chi connectivity index (χ4v) is 6.58. The maximum absolute atomic E-state index is 6.38. The van der Waals surface area contributed by atoms with Crippen LogP contribution in [-0.2, 0) is 13.1 Å². The minimum atomic E-state index is 0.711. The van der Waals surface area contributed by atoms with Crippen LogP contribution >= 0.6 is 15.9 Å². The molecule has 4 aliphatic rings. The van der Waals surface area contributed by atoms with Crippen LogP contribution in [0.2, 0.25) is 0 Å². The van der Waals surface area contributed by atoms with Crippen LogP contribution in [0, 0.1) is 5.92 Å². The van der Waals surface area contributed by atoms with Crippen molar-refractivity contribution in [2.24, 2.45) is 10.9 Å². The van der Waals surface area contributed by atoms with Crippen molar-refractivity contribution in [2.45, 2.75) is 51.6 Å². The van der Waals surface area contributed by atoms with Gasteiger partial charge in [-0.2, -0.15) is 0 Å². The maximum Gasteiger partial charge on any atom is 0.151 e. The Morgan fingerprint density at radius 3 is 2.57 bits per heavy atom. The van der Waals surface area contributed by atoms with Crippen LogP contribution in [-0.4, -0.2) is 55.8 Å². The summed E-state index contributed by atoms with van der Waals surface area (Å²) < 4.78 is 7.52. The molecule has 35 heavy (non-hydrogen) atoms. The molecule has 2 aromatic rings. The predicted octanol–water partition coefficient (Wildman–Crippen LogP) is 4.31. The Kier molecular flexibility index (Phi) is 7.13. The number of anilines is 1. The van der Waals surface area contributed by atoms with E-state index in [0.29, 0.717) is 6.73 Å². The highest BCUT2D eigenvalue weighted by Crippen LogP contribution is 2.28. The third kappa shape index (κ3) is 5.30. The monoisotopic (exact) mass is 536 g/mol. The van der Waals surface area contributed by atoms with Crippen molar-refractivity contribution < 1.29 is 4.74 Å². The summed E-state index contributed by atoms with van der Waals surface area (Å²) in [5.41, 5.74) is 4.09. The first-order valence-electron chi connectivity index (χ1n) is 13.5. The molecule has 2 fully saturated rings. The van der Waals surface area contributed by atoms with Gasteiger partial charge in [-0.25, -0.2) is 0 Å². The van der Waals surface area contributed by atoms with Gasteiger partial charge in [-0.1, -0.05) is 41.3 Å². The van der Waals surface area contributed by atoms with Crippen LogP contribution in [0.5, 0.6) is 5.75 Å². The number of nitrogens with zero attached hydrogens (tertiary/aromatic N) is 4. The summed E-state index contributed by atoms with van der Waals surface area (Å²) in [5, 5.41) is 2.45. The molecule has 0 spiro atoms. The van der Waals surface area contributed by atoms with E-state index in [0.717, 1.165) is 73.7 Å². The summed E-state index contributed by atoms with van der Waals surface area (Å²) in [6.45, 7) is 9.08. The van der Waals surface area contributed by atoms with Crippen molar-refractivity contribution >= 4 is 27.7 Å². The highest BCUT2D eigenvalue weighted by Gasteiger charge is 2.25. The lowest BCUT2D eigenvalue weighted by Gasteiger charge is -2.37. The molecular formula is C29H37BrN4O. The molecule has 1 saturated heterocycles. The Morgan fingerprint density at radius 2 is 1.77 bits per heavy atom. The number of fused-ring (bicyclic) bond motifs is 3. The van der Waals surface area contributed by atoms with Gasteiger partial charge in [0.1, 0.15) is 12.1 Å². The van der Waals surface area contributed by atoms with Crippen molar-refractivity contribution in [1.82, 2.24) is 9.80 Å². The van der Waals surface area contributed by atoms with Gasteiger partial charge in [-0.3, -0.25) is 14.8 Å². The van der Waals surface area contributed by atoms with E-state index in [1.807, 2.05) is 0 Å². The Balaban J connectivity index is 1.17. The summed E-state index contributed by atoms with van der Waals surface area (Å²) in [4.78, 5) is 12.6. The number of halogens is 1. The second-order valence-electron chi connectivity index (χ2n) is 10.7. The highest BCUT2D eigenvalue weighted by atomic mass is 79.9. The molecule has 3 heterocycles. The molecule has 0 N–H and O–H groups in total. The van der Waals surface area contributed by atoms with Gasteiger partial charge in [0.05, 0.1) is 0 Å². The van der Waals surface area contributed by atoms with E-state index in [2.05, 4.69) is 67.0 Å². The van der Waals surface area contributed by atoms with E-state index < -0.39 is 0 Å². The molecule has 1 aliphatic carbocycles. The van der Waals surface area contributed by atoms with Crippen molar-refractivity contribution in [3.05, 3.63) is 56.5 Å². The number of rotatable bonds is 5. The summed E-state index contributed by atoms with van der Waals surface area (Å²) in [5.74, 6) is 1.89. The van der Waals surface area contributed by atoms with E-state index in [1.165, 1.54) is 60.7 Å². The van der Waals surface area contributed by atoms with Crippen LogP contribution in [0.1, 0.15) is 49.7 Å². The molecule has 0 amide bonds. The number of benzene rings is 2. The van der Waals surface area contributed by atoms with Crippen molar-refractivity contribution in [3.8, 4) is 5.75 Å². The lowest BCUT2D eigenvalue weighted by Crippen LogP contribution is -2.47. The Labute approximate surface area is 217 Å². The number of piperazine rings is 1. The zero-order chi connectivity index (χ0) is 23.6. The first-order chi connectivity index (χ1) is 17.2. The molecule has 1 saturated carbocycles. The fourth-order valence-electron chi connectivity index (χ4n) is 6.31. The zero-order valence-corrected chi connectivity index (χ0v) is 22.3. The first kappa shape index (κ1) is 23.5. The normalized spacial score (nSPS) is 21.5. The number of hydrogen-bond donors (Lipinski definition) is 0. The van der Waals surface area contributed by atoms with Crippen LogP contribution in [0.15, 0.2) is 39.8 Å². The molecule has 186 valence electrons. The smallest absolute Gasteiger partial charge is 0.151 e. The summed E-state index contributed by atoms with van der Waals surface area (Å²) in [6.07, 6.45) is 10.4. The highest BCUT2D eigenvalue weighted by molar-refractivity contribution is 9.10. The Bertz CT molecular complexity index is 1150. The van der Waals surface area contributed by atoms with Gasteiger partial charge < -0.3 is 9.64 Å². The minimum absolute atomic E-state index is 0.711. The molecule has 2 aromatic carbocycles. The summed E-state index contributed by atoms with van der Waals surface area (Å²) in [6, 6.07) is 11.2. The van der Waals surface area contributed by atoms with Crippen molar-refractivity contribution in [3.63, 3.8) is 0 Å². The maximum atomic E-state index is 6.38. The third-order valence-electron chi connectivity index (χ3n) is 8.19. The molecule has 0 bridgehead atoms. The van der Waals surface area contributed by atoms with Crippen LogP contribution in [0.3, 0.4) is 0 Å². The van der Waals surface area contributed by atoms with Crippen LogP contribution in [0.4, 0.5) is 5.69 Å². The number of hydrogen-bond acceptors (Lipinski definition) is 5. The van der Waals surface area contributed by atoms with E-state index in [1.54, 1.807) is 0 Å². The fraction of sp³-hybridized carbons (Fsp3) is 0.552. The average molecular weight is 538 g/mol. The lowest BCUT2D eigenvalue weighted by atomic mass is 9.89.